The Hall–Kier alpha value is -3.21. The summed E-state index contributed by atoms with van der Waals surface area (Å²) < 4.78 is 18.7. The van der Waals surface area contributed by atoms with E-state index in [1.54, 1.807) is 32.0 Å². The number of hydrogen-bond acceptors (Lipinski definition) is 8. The van der Waals surface area contributed by atoms with Crippen LogP contribution >= 0.6 is 0 Å². The molecule has 3 aromatic rings. The molecule has 0 bridgehead atoms. The minimum Gasteiger partial charge on any atom is -0.474 e. The molecule has 10 heteroatoms. The summed E-state index contributed by atoms with van der Waals surface area (Å²) >= 11 is 0. The van der Waals surface area contributed by atoms with Crippen molar-refractivity contribution in [2.45, 2.75) is 32.1 Å². The van der Waals surface area contributed by atoms with Gasteiger partial charge in [-0.1, -0.05) is 18.7 Å². The van der Waals surface area contributed by atoms with Crippen molar-refractivity contribution in [2.75, 3.05) is 18.5 Å². The van der Waals surface area contributed by atoms with E-state index in [1.165, 1.54) is 12.1 Å². The molecule has 0 amide bonds. The maximum absolute atomic E-state index is 13.3. The maximum Gasteiger partial charge on any atom is 0.242 e. The predicted molar refractivity (Wildman–Crippen MR) is 114 cm³/mol. The Kier molecular flexibility index (Phi) is 6.74. The van der Waals surface area contributed by atoms with Gasteiger partial charge in [-0.05, 0) is 31.5 Å². The summed E-state index contributed by atoms with van der Waals surface area (Å²) in [4.78, 5) is 4.38. The summed E-state index contributed by atoms with van der Waals surface area (Å²) in [5, 5.41) is 42.8. The molecule has 0 saturated carbocycles. The summed E-state index contributed by atoms with van der Waals surface area (Å²) in [6.07, 6.45) is 0. The van der Waals surface area contributed by atoms with E-state index in [0.29, 0.717) is 33.8 Å². The molecule has 0 aliphatic carbocycles. The minimum atomic E-state index is -1.18. The smallest absolute Gasteiger partial charge is 0.242 e. The van der Waals surface area contributed by atoms with Crippen LogP contribution in [0.25, 0.3) is 10.9 Å². The van der Waals surface area contributed by atoms with E-state index >= 15 is 0 Å². The van der Waals surface area contributed by atoms with Gasteiger partial charge in [-0.15, -0.1) is 5.10 Å². The number of aliphatic hydroxyl groups is 3. The van der Waals surface area contributed by atoms with Crippen molar-refractivity contribution in [2.24, 2.45) is 0 Å². The monoisotopic (exact) mass is 431 g/mol. The normalized spacial score (nSPS) is 12.6. The van der Waals surface area contributed by atoms with Crippen LogP contribution in [0.3, 0.4) is 0 Å². The highest BCUT2D eigenvalue weighted by atomic mass is 19.1. The molecule has 31 heavy (non-hydrogen) atoms. The maximum atomic E-state index is 13.3. The Morgan fingerprint density at radius 3 is 2.61 bits per heavy atom. The van der Waals surface area contributed by atoms with Crippen LogP contribution in [-0.4, -0.2) is 49.3 Å². The molecule has 1 aromatic carbocycles. The number of aliphatic hydroxyl groups excluding tert-OH is 2. The number of halogens is 1. The second kappa shape index (κ2) is 9.29. The lowest BCUT2D eigenvalue weighted by Gasteiger charge is -2.32. The molecule has 2 aromatic heterocycles. The van der Waals surface area contributed by atoms with Crippen molar-refractivity contribution >= 4 is 16.7 Å². The molecule has 6 N–H and O–H groups in total. The van der Waals surface area contributed by atoms with Crippen LogP contribution in [0.15, 0.2) is 42.7 Å². The SMILES string of the molecule is C=C(Nc1cc2[nH]nc(OCCO)c2c(CO)n1)N[C@@H](c1ccc(F)cc1)C(C)(C)O. The van der Waals surface area contributed by atoms with Crippen molar-refractivity contribution < 1.29 is 24.4 Å². The number of aromatic nitrogens is 3. The van der Waals surface area contributed by atoms with Gasteiger partial charge in [-0.2, -0.15) is 0 Å². The second-order valence-corrected chi connectivity index (χ2v) is 7.52. The summed E-state index contributed by atoms with van der Waals surface area (Å²) in [6, 6.07) is 6.90. The first kappa shape index (κ1) is 22.5. The molecule has 3 rings (SSSR count). The van der Waals surface area contributed by atoms with E-state index in [2.05, 4.69) is 32.4 Å². The van der Waals surface area contributed by atoms with Crippen LogP contribution in [0.4, 0.5) is 10.2 Å². The van der Waals surface area contributed by atoms with Crippen LogP contribution < -0.4 is 15.4 Å². The molecule has 0 spiro atoms. The molecule has 0 aliphatic heterocycles. The number of hydrogen-bond donors (Lipinski definition) is 6. The minimum absolute atomic E-state index is 0.0628. The largest absolute Gasteiger partial charge is 0.474 e. The van der Waals surface area contributed by atoms with E-state index in [9.17, 15) is 14.6 Å². The molecule has 166 valence electrons. The number of pyridine rings is 1. The lowest BCUT2D eigenvalue weighted by atomic mass is 9.92. The average Bonchev–Trinajstić information content (AvgIpc) is 3.12. The Labute approximate surface area is 178 Å². The van der Waals surface area contributed by atoms with Crippen molar-refractivity contribution in [1.82, 2.24) is 20.5 Å². The van der Waals surface area contributed by atoms with Crippen LogP contribution in [0.2, 0.25) is 0 Å². The van der Waals surface area contributed by atoms with Gasteiger partial charge < -0.3 is 30.7 Å². The number of benzene rings is 1. The number of aromatic amines is 1. The first-order chi connectivity index (χ1) is 14.7. The zero-order valence-electron chi connectivity index (χ0n) is 17.3. The molecule has 0 unspecified atom stereocenters. The van der Waals surface area contributed by atoms with Crippen LogP contribution in [-0.2, 0) is 6.61 Å². The van der Waals surface area contributed by atoms with Gasteiger partial charge >= 0.3 is 0 Å². The number of fused-ring (bicyclic) bond motifs is 1. The van der Waals surface area contributed by atoms with Crippen molar-refractivity contribution in [1.29, 1.82) is 0 Å². The van der Waals surface area contributed by atoms with Gasteiger partial charge in [0, 0.05) is 6.07 Å². The Bertz CT molecular complexity index is 1050. The lowest BCUT2D eigenvalue weighted by molar-refractivity contribution is 0.0409. The first-order valence-electron chi connectivity index (χ1n) is 9.65. The number of rotatable bonds is 10. The predicted octanol–water partition coefficient (Wildman–Crippen LogP) is 1.95. The highest BCUT2D eigenvalue weighted by Crippen LogP contribution is 2.29. The Morgan fingerprint density at radius 2 is 2.00 bits per heavy atom. The molecular formula is C21H26FN5O4. The van der Waals surface area contributed by atoms with Gasteiger partial charge in [0.2, 0.25) is 5.88 Å². The molecule has 0 fully saturated rings. The summed E-state index contributed by atoms with van der Waals surface area (Å²) in [7, 11) is 0. The zero-order chi connectivity index (χ0) is 22.6. The number of ether oxygens (including phenoxy) is 1. The molecule has 1 atom stereocenters. The highest BCUT2D eigenvalue weighted by molar-refractivity contribution is 5.88. The van der Waals surface area contributed by atoms with E-state index in [1.807, 2.05) is 0 Å². The topological polar surface area (TPSA) is 136 Å². The fraction of sp³-hybridized carbons (Fsp3) is 0.333. The van der Waals surface area contributed by atoms with Gasteiger partial charge in [0.15, 0.2) is 0 Å². The highest BCUT2D eigenvalue weighted by Gasteiger charge is 2.29. The average molecular weight is 431 g/mol. The summed E-state index contributed by atoms with van der Waals surface area (Å²) in [5.41, 5.74) is 0.390. The third-order valence-electron chi connectivity index (χ3n) is 4.57. The third kappa shape index (κ3) is 5.29. The number of anilines is 1. The van der Waals surface area contributed by atoms with Gasteiger partial charge in [-0.3, -0.25) is 5.10 Å². The number of H-pyrrole nitrogens is 1. The molecule has 0 radical (unpaired) electrons. The molecule has 9 nitrogen and oxygen atoms in total. The number of nitrogens with zero attached hydrogens (tertiary/aromatic N) is 2. The summed E-state index contributed by atoms with van der Waals surface area (Å²) in [6.45, 7) is 6.74. The first-order valence-corrected chi connectivity index (χ1v) is 9.65. The zero-order valence-corrected chi connectivity index (χ0v) is 17.3. The van der Waals surface area contributed by atoms with Crippen molar-refractivity contribution in [3.63, 3.8) is 0 Å². The molecule has 0 saturated heterocycles. The van der Waals surface area contributed by atoms with Gasteiger partial charge in [0.25, 0.3) is 0 Å². The van der Waals surface area contributed by atoms with Gasteiger partial charge in [-0.25, -0.2) is 9.37 Å². The van der Waals surface area contributed by atoms with Crippen LogP contribution in [0.5, 0.6) is 5.88 Å². The van der Waals surface area contributed by atoms with E-state index in [-0.39, 0.29) is 31.5 Å². The third-order valence-corrected chi connectivity index (χ3v) is 4.57. The van der Waals surface area contributed by atoms with Crippen molar-refractivity contribution in [3.8, 4) is 5.88 Å². The fourth-order valence-corrected chi connectivity index (χ4v) is 3.20. The van der Waals surface area contributed by atoms with E-state index in [0.717, 1.165) is 0 Å². The quantitative estimate of drug-likeness (QED) is 0.287. The molecule has 2 heterocycles. The Morgan fingerprint density at radius 1 is 1.29 bits per heavy atom. The Balaban J connectivity index is 1.82. The van der Waals surface area contributed by atoms with Crippen LogP contribution in [0.1, 0.15) is 31.1 Å². The molecule has 0 aliphatic rings. The van der Waals surface area contributed by atoms with Gasteiger partial charge in [0.05, 0.1) is 47.3 Å². The summed E-state index contributed by atoms with van der Waals surface area (Å²) in [5.74, 6) is 0.581. The fourth-order valence-electron chi connectivity index (χ4n) is 3.20. The van der Waals surface area contributed by atoms with Crippen molar-refractivity contribution in [3.05, 3.63) is 59.8 Å². The van der Waals surface area contributed by atoms with E-state index < -0.39 is 11.6 Å². The molecular weight excluding hydrogens is 405 g/mol. The van der Waals surface area contributed by atoms with Crippen LogP contribution in [0, 0.1) is 5.82 Å². The van der Waals surface area contributed by atoms with Gasteiger partial charge in [0.1, 0.15) is 18.2 Å². The lowest BCUT2D eigenvalue weighted by Crippen LogP contribution is -2.40. The standard InChI is InChI=1S/C21H26FN5O4/c1-12(24-19(21(2,3)30)13-4-6-14(22)7-5-13)23-17-10-15-18(16(11-29)25-17)20(27-26-15)31-9-8-28/h4-7,10,19,24,28-30H,1,8-9,11H2,2-3H3,(H,23,25)(H,26,27)/t19-/m0/s1. The second-order valence-electron chi connectivity index (χ2n) is 7.52. The number of nitrogens with one attached hydrogen (secondary N) is 3. The van der Waals surface area contributed by atoms with E-state index in [4.69, 9.17) is 9.84 Å².